The Labute approximate surface area is 115 Å². The van der Waals surface area contributed by atoms with Crippen LogP contribution in [0.3, 0.4) is 0 Å². The van der Waals surface area contributed by atoms with Crippen molar-refractivity contribution in [1.82, 2.24) is 0 Å². The molecular weight excluding hydrogens is 264 g/mol. The van der Waals surface area contributed by atoms with Crippen LogP contribution in [0.25, 0.3) is 0 Å². The first-order valence-electron chi connectivity index (χ1n) is 6.13. The van der Waals surface area contributed by atoms with Crippen LogP contribution in [0, 0.1) is 12.8 Å². The summed E-state index contributed by atoms with van der Waals surface area (Å²) < 4.78 is 29.9. The highest BCUT2D eigenvalue weighted by molar-refractivity contribution is 7.92. The Balaban J connectivity index is 2.66. The summed E-state index contributed by atoms with van der Waals surface area (Å²) in [6, 6.07) is 5.55. The number of aryl methyl sites for hydroxylation is 1. The lowest BCUT2D eigenvalue weighted by molar-refractivity contribution is 0.164. The minimum atomic E-state index is -3.23. The molecule has 6 heteroatoms. The van der Waals surface area contributed by atoms with Gasteiger partial charge in [0.2, 0.25) is 10.0 Å². The van der Waals surface area contributed by atoms with Crippen LogP contribution in [0.4, 0.5) is 11.4 Å². The third-order valence-corrected chi connectivity index (χ3v) is 3.22. The van der Waals surface area contributed by atoms with Crippen LogP contribution >= 0.6 is 0 Å². The number of methoxy groups -OCH3 is 1. The zero-order valence-electron chi connectivity index (χ0n) is 11.9. The Hall–Kier alpha value is -1.27. The third-order valence-electron chi connectivity index (χ3n) is 2.63. The van der Waals surface area contributed by atoms with E-state index in [1.807, 2.05) is 19.1 Å². The summed E-state index contributed by atoms with van der Waals surface area (Å²) in [6.07, 6.45) is 1.14. The molecule has 0 radical (unpaired) electrons. The molecule has 0 aliphatic carbocycles. The monoisotopic (exact) mass is 286 g/mol. The molecule has 0 aliphatic rings. The largest absolute Gasteiger partial charge is 0.385 e. The molecule has 0 bridgehead atoms. The van der Waals surface area contributed by atoms with Gasteiger partial charge in [0, 0.05) is 19.3 Å². The van der Waals surface area contributed by atoms with E-state index in [0.29, 0.717) is 18.2 Å². The van der Waals surface area contributed by atoms with Crippen LogP contribution in [-0.2, 0) is 14.8 Å². The van der Waals surface area contributed by atoms with E-state index in [1.165, 1.54) is 0 Å². The van der Waals surface area contributed by atoms with E-state index in [4.69, 9.17) is 4.74 Å². The summed E-state index contributed by atoms with van der Waals surface area (Å²) in [6.45, 7) is 5.49. The number of sulfonamides is 1. The Morgan fingerprint density at radius 3 is 2.58 bits per heavy atom. The summed E-state index contributed by atoms with van der Waals surface area (Å²) in [5.74, 6) is 0.416. The predicted molar refractivity (Wildman–Crippen MR) is 79.2 cm³/mol. The minimum absolute atomic E-state index is 0.416. The van der Waals surface area contributed by atoms with Crippen molar-refractivity contribution in [3.05, 3.63) is 23.8 Å². The Bertz CT molecular complexity index is 515. The fraction of sp³-hybridized carbons (Fsp3) is 0.538. The van der Waals surface area contributed by atoms with Gasteiger partial charge in [-0.2, -0.15) is 0 Å². The van der Waals surface area contributed by atoms with Crippen molar-refractivity contribution >= 4 is 21.4 Å². The average molecular weight is 286 g/mol. The number of hydrogen-bond donors (Lipinski definition) is 2. The molecule has 0 aliphatic heterocycles. The Morgan fingerprint density at radius 1 is 1.37 bits per heavy atom. The van der Waals surface area contributed by atoms with Crippen molar-refractivity contribution in [2.75, 3.05) is 36.6 Å². The highest BCUT2D eigenvalue weighted by Crippen LogP contribution is 2.20. The predicted octanol–water partition coefficient (Wildman–Crippen LogP) is 2.06. The van der Waals surface area contributed by atoms with Crippen molar-refractivity contribution < 1.29 is 13.2 Å². The summed E-state index contributed by atoms with van der Waals surface area (Å²) >= 11 is 0. The lowest BCUT2D eigenvalue weighted by Crippen LogP contribution is -2.16. The average Bonchev–Trinajstić information content (AvgIpc) is 2.28. The normalized spacial score (nSPS) is 13.1. The Kier molecular flexibility index (Phi) is 5.62. The number of anilines is 2. The molecule has 19 heavy (non-hydrogen) atoms. The van der Waals surface area contributed by atoms with E-state index >= 15 is 0 Å². The molecule has 0 spiro atoms. The maximum atomic E-state index is 11.2. The van der Waals surface area contributed by atoms with Gasteiger partial charge in [-0.15, -0.1) is 0 Å². The van der Waals surface area contributed by atoms with E-state index in [0.717, 1.165) is 24.1 Å². The van der Waals surface area contributed by atoms with E-state index < -0.39 is 10.0 Å². The molecule has 1 rings (SSSR count). The molecule has 1 unspecified atom stereocenters. The van der Waals surface area contributed by atoms with Gasteiger partial charge in [-0.3, -0.25) is 4.72 Å². The fourth-order valence-corrected chi connectivity index (χ4v) is 2.35. The van der Waals surface area contributed by atoms with Crippen molar-refractivity contribution in [3.63, 3.8) is 0 Å². The van der Waals surface area contributed by atoms with Gasteiger partial charge in [-0.1, -0.05) is 6.92 Å². The minimum Gasteiger partial charge on any atom is -0.385 e. The van der Waals surface area contributed by atoms with E-state index in [2.05, 4.69) is 17.0 Å². The van der Waals surface area contributed by atoms with Gasteiger partial charge < -0.3 is 10.1 Å². The smallest absolute Gasteiger partial charge is 0.229 e. The van der Waals surface area contributed by atoms with E-state index in [1.54, 1.807) is 13.2 Å². The van der Waals surface area contributed by atoms with Gasteiger partial charge in [0.25, 0.3) is 0 Å². The summed E-state index contributed by atoms with van der Waals surface area (Å²) in [5, 5.41) is 3.30. The maximum absolute atomic E-state index is 11.2. The van der Waals surface area contributed by atoms with Crippen LogP contribution in [-0.4, -0.2) is 34.9 Å². The zero-order valence-corrected chi connectivity index (χ0v) is 12.7. The first-order chi connectivity index (χ1) is 8.81. The molecule has 108 valence electrons. The van der Waals surface area contributed by atoms with Crippen LogP contribution in [0.2, 0.25) is 0 Å². The topological polar surface area (TPSA) is 67.4 Å². The van der Waals surface area contributed by atoms with Crippen LogP contribution in [0.5, 0.6) is 0 Å². The van der Waals surface area contributed by atoms with Crippen molar-refractivity contribution in [2.45, 2.75) is 13.8 Å². The van der Waals surface area contributed by atoms with Gasteiger partial charge in [0.05, 0.1) is 18.6 Å². The van der Waals surface area contributed by atoms with E-state index in [9.17, 15) is 8.42 Å². The highest BCUT2D eigenvalue weighted by Gasteiger charge is 2.06. The number of hydrogen-bond acceptors (Lipinski definition) is 4. The summed E-state index contributed by atoms with van der Waals surface area (Å²) in [4.78, 5) is 0. The van der Waals surface area contributed by atoms with Gasteiger partial charge in [-0.25, -0.2) is 8.42 Å². The lowest BCUT2D eigenvalue weighted by atomic mass is 10.1. The molecule has 0 amide bonds. The second kappa shape index (κ2) is 6.77. The second-order valence-corrected chi connectivity index (χ2v) is 6.59. The van der Waals surface area contributed by atoms with Crippen LogP contribution in [0.15, 0.2) is 18.2 Å². The maximum Gasteiger partial charge on any atom is 0.229 e. The van der Waals surface area contributed by atoms with Gasteiger partial charge in [0.1, 0.15) is 0 Å². The standard InChI is InChI=1S/C13H22N2O3S/c1-10(9-18-3)8-14-12-5-6-13(11(2)7-12)15-19(4,16)17/h5-7,10,14-15H,8-9H2,1-4H3. The zero-order chi connectivity index (χ0) is 14.5. The van der Waals surface area contributed by atoms with Crippen LogP contribution < -0.4 is 10.0 Å². The highest BCUT2D eigenvalue weighted by atomic mass is 32.2. The van der Waals surface area contributed by atoms with Crippen molar-refractivity contribution in [1.29, 1.82) is 0 Å². The first-order valence-corrected chi connectivity index (χ1v) is 8.02. The SMILES string of the molecule is COCC(C)CNc1ccc(NS(C)(=O)=O)c(C)c1. The molecule has 1 atom stereocenters. The molecule has 0 heterocycles. The fourth-order valence-electron chi connectivity index (χ4n) is 1.72. The van der Waals surface area contributed by atoms with Gasteiger partial charge in [-0.05, 0) is 36.6 Å². The second-order valence-electron chi connectivity index (χ2n) is 4.85. The molecule has 2 N–H and O–H groups in total. The molecule has 5 nitrogen and oxygen atoms in total. The van der Waals surface area contributed by atoms with E-state index in [-0.39, 0.29) is 0 Å². The molecule has 1 aromatic carbocycles. The number of ether oxygens (including phenoxy) is 1. The quantitative estimate of drug-likeness (QED) is 0.805. The number of rotatable bonds is 7. The molecule has 0 saturated heterocycles. The van der Waals surface area contributed by atoms with Gasteiger partial charge in [0.15, 0.2) is 0 Å². The summed E-state index contributed by atoms with van der Waals surface area (Å²) in [7, 11) is -1.55. The lowest BCUT2D eigenvalue weighted by Gasteiger charge is -2.14. The third kappa shape index (κ3) is 5.94. The summed E-state index contributed by atoms with van der Waals surface area (Å²) in [5.41, 5.74) is 2.47. The Morgan fingerprint density at radius 2 is 2.05 bits per heavy atom. The first kappa shape index (κ1) is 15.8. The molecule has 1 aromatic rings. The molecular formula is C13H22N2O3S. The number of benzene rings is 1. The number of nitrogens with one attached hydrogen (secondary N) is 2. The molecule has 0 aromatic heterocycles. The van der Waals surface area contributed by atoms with Crippen LogP contribution in [0.1, 0.15) is 12.5 Å². The van der Waals surface area contributed by atoms with Crippen molar-refractivity contribution in [2.24, 2.45) is 5.92 Å². The molecule has 0 saturated carbocycles. The van der Waals surface area contributed by atoms with Crippen molar-refractivity contribution in [3.8, 4) is 0 Å². The molecule has 0 fully saturated rings. The van der Waals surface area contributed by atoms with Gasteiger partial charge >= 0.3 is 0 Å².